The number of likely N-dealkylation sites (N-methyl/N-ethyl adjacent to an activating group) is 1. The Morgan fingerprint density at radius 3 is 3.18 bits per heavy atom. The fourth-order valence-corrected chi connectivity index (χ4v) is 1.78. The number of ether oxygens (including phenoxy) is 1. The lowest BCUT2D eigenvalue weighted by atomic mass is 10.1. The number of carbonyl (C=O) groups is 1. The minimum atomic E-state index is -0.130. The Balaban J connectivity index is 1.97. The summed E-state index contributed by atoms with van der Waals surface area (Å²) in [6.45, 7) is 2.60. The van der Waals surface area contributed by atoms with E-state index in [-0.39, 0.29) is 5.91 Å². The molecule has 0 fully saturated rings. The van der Waals surface area contributed by atoms with Crippen molar-refractivity contribution in [2.75, 3.05) is 33.8 Å². The summed E-state index contributed by atoms with van der Waals surface area (Å²) in [4.78, 5) is 13.9. The van der Waals surface area contributed by atoms with Crippen molar-refractivity contribution in [1.29, 1.82) is 0 Å². The monoisotopic (exact) mass is 238 g/mol. The molecule has 0 atom stereocenters. The lowest BCUT2D eigenvalue weighted by Gasteiger charge is -2.13. The molecule has 0 aromatic carbocycles. The van der Waals surface area contributed by atoms with Gasteiger partial charge in [0.2, 0.25) is 0 Å². The molecule has 0 saturated heterocycles. The first kappa shape index (κ1) is 12.1. The highest BCUT2D eigenvalue weighted by atomic mass is 16.5. The fourth-order valence-electron chi connectivity index (χ4n) is 1.78. The van der Waals surface area contributed by atoms with Crippen LogP contribution in [-0.4, -0.2) is 54.8 Å². The number of nitrogens with one attached hydrogen (secondary N) is 2. The van der Waals surface area contributed by atoms with E-state index >= 15 is 0 Å². The highest BCUT2D eigenvalue weighted by Gasteiger charge is 2.21. The van der Waals surface area contributed by atoms with Crippen molar-refractivity contribution >= 4 is 5.91 Å². The number of aromatic nitrogens is 2. The van der Waals surface area contributed by atoms with Crippen LogP contribution in [0.15, 0.2) is 0 Å². The standard InChI is InChI=1S/C11H18N4O2/c1-15(2)5-4-12-11(16)10-8-7-17-6-3-9(8)13-14-10/h3-7H2,1-2H3,(H,12,16)(H,13,14). The van der Waals surface area contributed by atoms with E-state index in [4.69, 9.17) is 4.74 Å². The minimum absolute atomic E-state index is 0.130. The van der Waals surface area contributed by atoms with Crippen LogP contribution in [0.5, 0.6) is 0 Å². The predicted octanol–water partition coefficient (Wildman–Crippen LogP) is -0.226. The molecule has 0 saturated carbocycles. The Morgan fingerprint density at radius 2 is 2.41 bits per heavy atom. The number of H-pyrrole nitrogens is 1. The molecular formula is C11H18N4O2. The van der Waals surface area contributed by atoms with Gasteiger partial charge in [-0.05, 0) is 14.1 Å². The van der Waals surface area contributed by atoms with Gasteiger partial charge in [-0.15, -0.1) is 0 Å². The largest absolute Gasteiger partial charge is 0.376 e. The van der Waals surface area contributed by atoms with Gasteiger partial charge < -0.3 is 15.0 Å². The minimum Gasteiger partial charge on any atom is -0.376 e. The van der Waals surface area contributed by atoms with E-state index in [0.717, 1.165) is 24.2 Å². The molecule has 2 rings (SSSR count). The van der Waals surface area contributed by atoms with E-state index in [0.29, 0.717) is 25.5 Å². The van der Waals surface area contributed by atoms with Crippen molar-refractivity contribution in [2.45, 2.75) is 13.0 Å². The summed E-state index contributed by atoms with van der Waals surface area (Å²) in [7, 11) is 3.94. The molecule has 0 aliphatic carbocycles. The Hall–Kier alpha value is -1.40. The molecule has 0 unspecified atom stereocenters. The summed E-state index contributed by atoms with van der Waals surface area (Å²) in [5.74, 6) is -0.130. The zero-order chi connectivity index (χ0) is 12.3. The van der Waals surface area contributed by atoms with Crippen LogP contribution < -0.4 is 5.32 Å². The summed E-state index contributed by atoms with van der Waals surface area (Å²) in [5.41, 5.74) is 2.39. The molecule has 6 heteroatoms. The van der Waals surface area contributed by atoms with Gasteiger partial charge in [0.15, 0.2) is 5.69 Å². The molecule has 0 radical (unpaired) electrons. The highest BCUT2D eigenvalue weighted by Crippen LogP contribution is 2.17. The first-order chi connectivity index (χ1) is 8.18. The van der Waals surface area contributed by atoms with Gasteiger partial charge >= 0.3 is 0 Å². The molecule has 17 heavy (non-hydrogen) atoms. The molecule has 1 aromatic rings. The average Bonchev–Trinajstić information content (AvgIpc) is 2.72. The average molecular weight is 238 g/mol. The van der Waals surface area contributed by atoms with Gasteiger partial charge in [-0.2, -0.15) is 5.10 Å². The molecule has 6 nitrogen and oxygen atoms in total. The van der Waals surface area contributed by atoms with Crippen molar-refractivity contribution in [3.63, 3.8) is 0 Å². The molecule has 1 aliphatic heterocycles. The molecule has 0 spiro atoms. The summed E-state index contributed by atoms with van der Waals surface area (Å²) in [6, 6.07) is 0. The quantitative estimate of drug-likeness (QED) is 0.760. The lowest BCUT2D eigenvalue weighted by molar-refractivity contribution is 0.0923. The summed E-state index contributed by atoms with van der Waals surface area (Å²) < 4.78 is 5.34. The van der Waals surface area contributed by atoms with Crippen LogP contribution >= 0.6 is 0 Å². The van der Waals surface area contributed by atoms with Crippen molar-refractivity contribution in [2.24, 2.45) is 0 Å². The smallest absolute Gasteiger partial charge is 0.272 e. The van der Waals surface area contributed by atoms with Crippen LogP contribution in [0.3, 0.4) is 0 Å². The fraction of sp³-hybridized carbons (Fsp3) is 0.636. The summed E-state index contributed by atoms with van der Waals surface area (Å²) in [6.07, 6.45) is 0.799. The molecule has 1 amide bonds. The van der Waals surface area contributed by atoms with Crippen molar-refractivity contribution in [3.8, 4) is 0 Å². The number of amides is 1. The topological polar surface area (TPSA) is 70.2 Å². The van der Waals surface area contributed by atoms with E-state index < -0.39 is 0 Å². The third-order valence-corrected chi connectivity index (χ3v) is 2.76. The number of rotatable bonds is 4. The first-order valence-electron chi connectivity index (χ1n) is 5.75. The van der Waals surface area contributed by atoms with Crippen LogP contribution in [0, 0.1) is 0 Å². The predicted molar refractivity (Wildman–Crippen MR) is 62.8 cm³/mol. The maximum absolute atomic E-state index is 11.9. The van der Waals surface area contributed by atoms with Crippen molar-refractivity contribution in [1.82, 2.24) is 20.4 Å². The Morgan fingerprint density at radius 1 is 1.59 bits per heavy atom. The van der Waals surface area contributed by atoms with E-state index in [1.807, 2.05) is 19.0 Å². The highest BCUT2D eigenvalue weighted by molar-refractivity contribution is 5.93. The third kappa shape index (κ3) is 2.83. The Kier molecular flexibility index (Phi) is 3.75. The Labute approximate surface area is 100 Å². The van der Waals surface area contributed by atoms with E-state index in [2.05, 4.69) is 15.5 Å². The van der Waals surface area contributed by atoms with Crippen LogP contribution in [0.2, 0.25) is 0 Å². The van der Waals surface area contributed by atoms with Crippen LogP contribution in [-0.2, 0) is 17.8 Å². The number of nitrogens with zero attached hydrogens (tertiary/aromatic N) is 2. The maximum Gasteiger partial charge on any atom is 0.272 e. The van der Waals surface area contributed by atoms with Crippen molar-refractivity contribution < 1.29 is 9.53 Å². The molecule has 0 bridgehead atoms. The SMILES string of the molecule is CN(C)CCNC(=O)c1n[nH]c2c1COCC2. The van der Waals surface area contributed by atoms with E-state index in [1.165, 1.54) is 0 Å². The number of aromatic amines is 1. The van der Waals surface area contributed by atoms with Gasteiger partial charge in [-0.25, -0.2) is 0 Å². The normalized spacial score (nSPS) is 14.8. The molecular weight excluding hydrogens is 220 g/mol. The first-order valence-corrected chi connectivity index (χ1v) is 5.75. The number of carbonyl (C=O) groups excluding carboxylic acids is 1. The second-order valence-electron chi connectivity index (χ2n) is 4.39. The van der Waals surface area contributed by atoms with Gasteiger partial charge in [-0.3, -0.25) is 9.89 Å². The molecule has 2 N–H and O–H groups in total. The number of hydrogen-bond donors (Lipinski definition) is 2. The third-order valence-electron chi connectivity index (χ3n) is 2.76. The summed E-state index contributed by atoms with van der Waals surface area (Å²) in [5, 5.41) is 9.82. The maximum atomic E-state index is 11.9. The van der Waals surface area contributed by atoms with Gasteiger partial charge in [0.25, 0.3) is 5.91 Å². The van der Waals surface area contributed by atoms with Gasteiger partial charge in [0.05, 0.1) is 13.2 Å². The lowest BCUT2D eigenvalue weighted by Crippen LogP contribution is -2.32. The number of hydrogen-bond acceptors (Lipinski definition) is 4. The van der Waals surface area contributed by atoms with Crippen LogP contribution in [0.25, 0.3) is 0 Å². The second-order valence-corrected chi connectivity index (χ2v) is 4.39. The van der Waals surface area contributed by atoms with E-state index in [1.54, 1.807) is 0 Å². The zero-order valence-corrected chi connectivity index (χ0v) is 10.2. The molecule has 1 aliphatic rings. The van der Waals surface area contributed by atoms with E-state index in [9.17, 15) is 4.79 Å². The summed E-state index contributed by atoms with van der Waals surface area (Å²) >= 11 is 0. The van der Waals surface area contributed by atoms with Gasteiger partial charge in [-0.1, -0.05) is 0 Å². The zero-order valence-electron chi connectivity index (χ0n) is 10.2. The molecule has 2 heterocycles. The second kappa shape index (κ2) is 5.29. The van der Waals surface area contributed by atoms with Gasteiger partial charge in [0, 0.05) is 30.8 Å². The van der Waals surface area contributed by atoms with Crippen molar-refractivity contribution in [3.05, 3.63) is 17.0 Å². The molecule has 1 aromatic heterocycles. The van der Waals surface area contributed by atoms with Crippen LogP contribution in [0.4, 0.5) is 0 Å². The molecule has 94 valence electrons. The number of fused-ring (bicyclic) bond motifs is 1. The van der Waals surface area contributed by atoms with Crippen LogP contribution in [0.1, 0.15) is 21.7 Å². The van der Waals surface area contributed by atoms with Gasteiger partial charge in [0.1, 0.15) is 0 Å². The Bertz CT molecular complexity index is 400.